The molecule has 0 spiro atoms. The minimum absolute atomic E-state index is 0.0107. The maximum Gasteiger partial charge on any atom is 0.293 e. The maximum absolute atomic E-state index is 12.7. The quantitative estimate of drug-likeness (QED) is 0.928. The molecule has 5 heteroatoms. The predicted octanol–water partition coefficient (Wildman–Crippen LogP) is 2.26. The number of hydrogen-bond donors (Lipinski definition) is 1. The first-order valence-electron chi connectivity index (χ1n) is 8.34. The van der Waals surface area contributed by atoms with Crippen LogP contribution >= 0.6 is 0 Å². The molecule has 1 aromatic heterocycles. The van der Waals surface area contributed by atoms with Gasteiger partial charge in [0.05, 0.1) is 0 Å². The normalized spacial score (nSPS) is 37.0. The highest BCUT2D eigenvalue weighted by Gasteiger charge is 2.50. The number of nitrogens with one attached hydrogen (secondary N) is 1. The Hall–Kier alpha value is -1.39. The van der Waals surface area contributed by atoms with Gasteiger partial charge in [0.2, 0.25) is 5.82 Å². The summed E-state index contributed by atoms with van der Waals surface area (Å²) in [7, 11) is 1.96. The molecule has 4 fully saturated rings. The van der Waals surface area contributed by atoms with Crippen LogP contribution in [0.4, 0.5) is 0 Å². The smallest absolute Gasteiger partial charge is 0.293 e. The highest BCUT2D eigenvalue weighted by Crippen LogP contribution is 2.55. The van der Waals surface area contributed by atoms with E-state index >= 15 is 0 Å². The summed E-state index contributed by atoms with van der Waals surface area (Å²) in [6.45, 7) is 2.01. The van der Waals surface area contributed by atoms with Gasteiger partial charge in [-0.05, 0) is 55.8 Å². The fourth-order valence-corrected chi connectivity index (χ4v) is 5.37. The second-order valence-electron chi connectivity index (χ2n) is 7.30. The van der Waals surface area contributed by atoms with E-state index in [0.717, 1.165) is 24.1 Å². The first-order chi connectivity index (χ1) is 10.2. The van der Waals surface area contributed by atoms with Gasteiger partial charge >= 0.3 is 0 Å². The average molecular weight is 288 g/mol. The highest BCUT2D eigenvalue weighted by molar-refractivity contribution is 5.90. The van der Waals surface area contributed by atoms with Gasteiger partial charge in [-0.1, -0.05) is 6.92 Å². The van der Waals surface area contributed by atoms with Gasteiger partial charge in [-0.25, -0.2) is 4.98 Å². The van der Waals surface area contributed by atoms with Crippen LogP contribution in [-0.4, -0.2) is 39.1 Å². The Morgan fingerprint density at radius 2 is 1.81 bits per heavy atom. The van der Waals surface area contributed by atoms with Crippen LogP contribution in [0.15, 0.2) is 0 Å². The zero-order valence-electron chi connectivity index (χ0n) is 12.9. The Kier molecular flexibility index (Phi) is 3.05. The monoisotopic (exact) mass is 288 g/mol. The summed E-state index contributed by atoms with van der Waals surface area (Å²) in [6, 6.07) is 0.411. The van der Waals surface area contributed by atoms with E-state index in [2.05, 4.69) is 15.2 Å². The summed E-state index contributed by atoms with van der Waals surface area (Å²) in [5, 5.41) is 6.94. The van der Waals surface area contributed by atoms with Crippen molar-refractivity contribution in [3.63, 3.8) is 0 Å². The number of aromatic nitrogens is 3. The molecule has 0 aromatic carbocycles. The van der Waals surface area contributed by atoms with Crippen LogP contribution < -0.4 is 0 Å². The number of carbonyl (C=O) groups excluding carboxylic acids is 1. The fraction of sp³-hybridized carbons (Fsp3) is 0.812. The molecule has 4 saturated carbocycles. The SMILES string of the molecule is CCc1nc(C(=O)N(C)C2C3CC4CC(C3)CC2C4)n[nH]1. The number of amides is 1. The molecule has 0 atom stereocenters. The molecular formula is C16H24N4O. The summed E-state index contributed by atoms with van der Waals surface area (Å²) in [6.07, 6.45) is 7.51. The Morgan fingerprint density at radius 3 is 2.33 bits per heavy atom. The number of aromatic amines is 1. The lowest BCUT2D eigenvalue weighted by Gasteiger charge is -2.56. The van der Waals surface area contributed by atoms with E-state index in [-0.39, 0.29) is 5.91 Å². The number of rotatable bonds is 3. The van der Waals surface area contributed by atoms with Gasteiger partial charge in [0, 0.05) is 19.5 Å². The largest absolute Gasteiger partial charge is 0.335 e. The lowest BCUT2D eigenvalue weighted by atomic mass is 9.54. The van der Waals surface area contributed by atoms with Crippen molar-refractivity contribution in [1.29, 1.82) is 0 Å². The topological polar surface area (TPSA) is 61.9 Å². The molecule has 4 bridgehead atoms. The molecule has 1 N–H and O–H groups in total. The number of hydrogen-bond acceptors (Lipinski definition) is 3. The number of carbonyl (C=O) groups is 1. The van der Waals surface area contributed by atoms with Crippen LogP contribution in [0.5, 0.6) is 0 Å². The Bertz CT molecular complexity index is 524. The van der Waals surface area contributed by atoms with E-state index in [0.29, 0.717) is 23.7 Å². The molecule has 0 saturated heterocycles. The first kappa shape index (κ1) is 13.3. The van der Waals surface area contributed by atoms with Gasteiger partial charge in [-0.2, -0.15) is 0 Å². The molecule has 0 radical (unpaired) electrons. The Balaban J connectivity index is 1.54. The fourth-order valence-electron chi connectivity index (χ4n) is 5.37. The lowest BCUT2D eigenvalue weighted by Crippen LogP contribution is -2.56. The van der Waals surface area contributed by atoms with Gasteiger partial charge in [0.25, 0.3) is 5.91 Å². The van der Waals surface area contributed by atoms with Crippen molar-refractivity contribution >= 4 is 5.91 Å². The van der Waals surface area contributed by atoms with Crippen molar-refractivity contribution < 1.29 is 4.79 Å². The second kappa shape index (κ2) is 4.82. The molecule has 4 aliphatic carbocycles. The Labute approximate surface area is 125 Å². The Morgan fingerprint density at radius 1 is 1.19 bits per heavy atom. The van der Waals surface area contributed by atoms with Crippen molar-refractivity contribution in [2.75, 3.05) is 7.05 Å². The summed E-state index contributed by atoms with van der Waals surface area (Å²) in [5.41, 5.74) is 0. The maximum atomic E-state index is 12.7. The predicted molar refractivity (Wildman–Crippen MR) is 78.7 cm³/mol. The zero-order chi connectivity index (χ0) is 14.6. The highest BCUT2D eigenvalue weighted by atomic mass is 16.2. The second-order valence-corrected chi connectivity index (χ2v) is 7.30. The van der Waals surface area contributed by atoms with Gasteiger partial charge < -0.3 is 4.90 Å². The van der Waals surface area contributed by atoms with Crippen molar-refractivity contribution in [3.8, 4) is 0 Å². The standard InChI is InChI=1S/C16H24N4O/c1-3-13-17-15(19-18-13)16(21)20(2)14-11-5-9-4-10(7-11)8-12(14)6-9/h9-12,14H,3-8H2,1-2H3,(H,17,18,19). The number of nitrogens with zero attached hydrogens (tertiary/aromatic N) is 3. The molecular weight excluding hydrogens is 264 g/mol. The minimum Gasteiger partial charge on any atom is -0.335 e. The van der Waals surface area contributed by atoms with Gasteiger partial charge in [0.1, 0.15) is 5.82 Å². The van der Waals surface area contributed by atoms with Crippen LogP contribution in [0.25, 0.3) is 0 Å². The van der Waals surface area contributed by atoms with Crippen LogP contribution in [0.1, 0.15) is 55.5 Å². The van der Waals surface area contributed by atoms with Crippen LogP contribution in [0.3, 0.4) is 0 Å². The summed E-state index contributed by atoms with van der Waals surface area (Å²) in [5.74, 6) is 4.40. The number of aryl methyl sites for hydroxylation is 1. The molecule has 1 heterocycles. The third kappa shape index (κ3) is 2.09. The average Bonchev–Trinajstić information content (AvgIpc) is 2.94. The molecule has 4 aliphatic rings. The first-order valence-corrected chi connectivity index (χ1v) is 8.34. The van der Waals surface area contributed by atoms with Crippen LogP contribution in [-0.2, 0) is 6.42 Å². The van der Waals surface area contributed by atoms with Gasteiger partial charge in [0.15, 0.2) is 0 Å². The molecule has 0 unspecified atom stereocenters. The molecule has 21 heavy (non-hydrogen) atoms. The van der Waals surface area contributed by atoms with Gasteiger partial charge in [-0.15, -0.1) is 5.10 Å². The number of H-pyrrole nitrogens is 1. The van der Waals surface area contributed by atoms with Crippen molar-refractivity contribution in [2.45, 2.75) is 51.5 Å². The molecule has 114 valence electrons. The van der Waals surface area contributed by atoms with Crippen LogP contribution in [0.2, 0.25) is 0 Å². The van der Waals surface area contributed by atoms with Gasteiger partial charge in [-0.3, -0.25) is 9.89 Å². The molecule has 5 rings (SSSR count). The van der Waals surface area contributed by atoms with E-state index in [1.54, 1.807) is 0 Å². The van der Waals surface area contributed by atoms with E-state index in [1.165, 1.54) is 32.1 Å². The third-order valence-corrected chi connectivity index (χ3v) is 6.00. The van der Waals surface area contributed by atoms with E-state index < -0.39 is 0 Å². The van der Waals surface area contributed by atoms with E-state index in [9.17, 15) is 4.79 Å². The van der Waals surface area contributed by atoms with Crippen molar-refractivity contribution in [2.24, 2.45) is 23.7 Å². The lowest BCUT2D eigenvalue weighted by molar-refractivity contribution is -0.0493. The van der Waals surface area contributed by atoms with E-state index in [1.807, 2.05) is 18.9 Å². The molecule has 0 aliphatic heterocycles. The molecule has 1 aromatic rings. The zero-order valence-corrected chi connectivity index (χ0v) is 12.9. The summed E-state index contributed by atoms with van der Waals surface area (Å²) in [4.78, 5) is 18.9. The van der Waals surface area contributed by atoms with Crippen LogP contribution in [0, 0.1) is 23.7 Å². The third-order valence-electron chi connectivity index (χ3n) is 6.00. The summed E-state index contributed by atoms with van der Waals surface area (Å²) < 4.78 is 0. The molecule has 5 nitrogen and oxygen atoms in total. The summed E-state index contributed by atoms with van der Waals surface area (Å²) >= 11 is 0. The molecule has 1 amide bonds. The van der Waals surface area contributed by atoms with Crippen molar-refractivity contribution in [3.05, 3.63) is 11.6 Å². The van der Waals surface area contributed by atoms with E-state index in [4.69, 9.17) is 0 Å². The minimum atomic E-state index is -0.0107. The van der Waals surface area contributed by atoms with Crippen molar-refractivity contribution in [1.82, 2.24) is 20.1 Å².